The van der Waals surface area contributed by atoms with Gasteiger partial charge in [0, 0.05) is 0 Å². The summed E-state index contributed by atoms with van der Waals surface area (Å²) >= 11 is 0. The van der Waals surface area contributed by atoms with Crippen molar-refractivity contribution in [3.63, 3.8) is 0 Å². The van der Waals surface area contributed by atoms with Crippen LogP contribution in [-0.2, 0) is 0 Å². The van der Waals surface area contributed by atoms with Gasteiger partial charge in [-0.15, -0.1) is 0 Å². The predicted octanol–water partition coefficient (Wildman–Crippen LogP) is 2.46. The summed E-state index contributed by atoms with van der Waals surface area (Å²) in [5.41, 5.74) is -0.256. The molecule has 0 amide bonds. The monoisotopic (exact) mass is 192 g/mol. The van der Waals surface area contributed by atoms with Crippen molar-refractivity contribution in [3.05, 3.63) is 0 Å². The van der Waals surface area contributed by atoms with E-state index in [4.69, 9.17) is 0 Å². The lowest BCUT2D eigenvalue weighted by atomic mass is 9.77. The van der Waals surface area contributed by atoms with E-state index in [1.807, 2.05) is 0 Å². The van der Waals surface area contributed by atoms with Crippen molar-refractivity contribution in [2.24, 2.45) is 11.8 Å². The Bertz CT molecular complexity index is 235. The zero-order valence-electron chi connectivity index (χ0n) is 9.05. The van der Waals surface area contributed by atoms with Crippen LogP contribution in [0.4, 0.5) is 0 Å². The molecule has 0 aromatic heterocycles. The number of hydrogen-bond donors (Lipinski definition) is 1. The fourth-order valence-corrected chi connectivity index (χ4v) is 2.12. The van der Waals surface area contributed by atoms with Crippen LogP contribution in [0.2, 0.25) is 0 Å². The molecule has 1 atom stereocenters. The van der Waals surface area contributed by atoms with Crippen LogP contribution in [0.5, 0.6) is 0 Å². The van der Waals surface area contributed by atoms with Crippen molar-refractivity contribution in [2.45, 2.75) is 51.0 Å². The molecule has 2 saturated carbocycles. The first-order valence-corrected chi connectivity index (χ1v) is 5.88. The second kappa shape index (κ2) is 3.90. The molecule has 1 unspecified atom stereocenters. The fourth-order valence-electron chi connectivity index (χ4n) is 2.12. The quantitative estimate of drug-likeness (QED) is 0.726. The molecule has 0 heterocycles. The van der Waals surface area contributed by atoms with E-state index in [9.17, 15) is 5.26 Å². The van der Waals surface area contributed by atoms with E-state index in [1.165, 1.54) is 32.1 Å². The summed E-state index contributed by atoms with van der Waals surface area (Å²) in [6, 6.07) is 2.45. The van der Waals surface area contributed by atoms with Crippen LogP contribution in [0.1, 0.15) is 45.4 Å². The van der Waals surface area contributed by atoms with Gasteiger partial charge in [-0.2, -0.15) is 5.26 Å². The summed E-state index contributed by atoms with van der Waals surface area (Å²) in [4.78, 5) is 0. The van der Waals surface area contributed by atoms with E-state index in [0.29, 0.717) is 0 Å². The van der Waals surface area contributed by atoms with E-state index in [1.54, 1.807) is 0 Å². The van der Waals surface area contributed by atoms with Crippen molar-refractivity contribution < 1.29 is 0 Å². The standard InChI is InChI=1S/C12H20N2/c1-12(9-13,7-10-3-2-4-10)14-8-11-5-6-11/h10-11,14H,2-8H2,1H3. The Morgan fingerprint density at radius 2 is 2.00 bits per heavy atom. The van der Waals surface area contributed by atoms with Crippen LogP contribution in [0, 0.1) is 23.2 Å². The third-order valence-corrected chi connectivity index (χ3v) is 3.65. The van der Waals surface area contributed by atoms with Crippen LogP contribution in [0.15, 0.2) is 0 Å². The average molecular weight is 192 g/mol. The molecule has 2 fully saturated rings. The van der Waals surface area contributed by atoms with Crippen LogP contribution in [0.25, 0.3) is 0 Å². The molecule has 78 valence electrons. The number of rotatable bonds is 5. The van der Waals surface area contributed by atoms with E-state index in [2.05, 4.69) is 18.3 Å². The highest BCUT2D eigenvalue weighted by Crippen LogP contribution is 2.34. The highest BCUT2D eigenvalue weighted by atomic mass is 15.0. The summed E-state index contributed by atoms with van der Waals surface area (Å²) in [5, 5.41) is 12.6. The summed E-state index contributed by atoms with van der Waals surface area (Å²) in [6.45, 7) is 3.12. The lowest BCUT2D eigenvalue weighted by Gasteiger charge is -2.33. The Morgan fingerprint density at radius 3 is 2.43 bits per heavy atom. The first-order chi connectivity index (χ1) is 6.72. The van der Waals surface area contributed by atoms with Crippen molar-refractivity contribution in [2.75, 3.05) is 6.54 Å². The predicted molar refractivity (Wildman–Crippen MR) is 56.7 cm³/mol. The Hall–Kier alpha value is -0.550. The molecule has 0 aromatic rings. The minimum Gasteiger partial charge on any atom is -0.299 e. The summed E-state index contributed by atoms with van der Waals surface area (Å²) in [6.07, 6.45) is 7.81. The maximum Gasteiger partial charge on any atom is 0.104 e. The molecule has 2 nitrogen and oxygen atoms in total. The molecule has 0 aliphatic heterocycles. The van der Waals surface area contributed by atoms with Gasteiger partial charge in [-0.25, -0.2) is 0 Å². The summed E-state index contributed by atoms with van der Waals surface area (Å²) < 4.78 is 0. The molecule has 2 heteroatoms. The number of hydrogen-bond acceptors (Lipinski definition) is 2. The van der Waals surface area contributed by atoms with Crippen LogP contribution in [0.3, 0.4) is 0 Å². The maximum atomic E-state index is 9.17. The second-order valence-corrected chi connectivity index (χ2v) is 5.27. The molecule has 2 aliphatic carbocycles. The Kier molecular flexibility index (Phi) is 2.78. The van der Waals surface area contributed by atoms with Crippen molar-refractivity contribution in [3.8, 4) is 6.07 Å². The Labute approximate surface area is 86.7 Å². The largest absolute Gasteiger partial charge is 0.299 e. The molecule has 0 saturated heterocycles. The average Bonchev–Trinajstić information content (AvgIpc) is 2.92. The van der Waals surface area contributed by atoms with E-state index < -0.39 is 0 Å². The van der Waals surface area contributed by atoms with Gasteiger partial charge in [0.25, 0.3) is 0 Å². The first-order valence-electron chi connectivity index (χ1n) is 5.88. The molecular weight excluding hydrogens is 172 g/mol. The Morgan fingerprint density at radius 1 is 1.29 bits per heavy atom. The summed E-state index contributed by atoms with van der Waals surface area (Å²) in [7, 11) is 0. The minimum atomic E-state index is -0.256. The minimum absolute atomic E-state index is 0.256. The van der Waals surface area contributed by atoms with Gasteiger partial charge >= 0.3 is 0 Å². The van der Waals surface area contributed by atoms with E-state index >= 15 is 0 Å². The maximum absolute atomic E-state index is 9.17. The third-order valence-electron chi connectivity index (χ3n) is 3.65. The lowest BCUT2D eigenvalue weighted by Crippen LogP contribution is -2.44. The van der Waals surface area contributed by atoms with Crippen molar-refractivity contribution >= 4 is 0 Å². The Balaban J connectivity index is 1.77. The van der Waals surface area contributed by atoms with Gasteiger partial charge in [-0.05, 0) is 44.6 Å². The van der Waals surface area contributed by atoms with E-state index in [0.717, 1.165) is 24.8 Å². The van der Waals surface area contributed by atoms with Gasteiger partial charge < -0.3 is 0 Å². The SMILES string of the molecule is CC(C#N)(CC1CCC1)NCC1CC1. The molecule has 0 spiro atoms. The van der Waals surface area contributed by atoms with Crippen LogP contribution < -0.4 is 5.32 Å². The number of nitriles is 1. The normalized spacial score (nSPS) is 26.3. The highest BCUT2D eigenvalue weighted by Gasteiger charge is 2.32. The molecule has 1 N–H and O–H groups in total. The molecule has 0 aromatic carbocycles. The third kappa shape index (κ3) is 2.48. The molecule has 2 rings (SSSR count). The second-order valence-electron chi connectivity index (χ2n) is 5.27. The van der Waals surface area contributed by atoms with E-state index in [-0.39, 0.29) is 5.54 Å². The number of nitrogens with one attached hydrogen (secondary N) is 1. The van der Waals surface area contributed by atoms with Gasteiger partial charge in [-0.1, -0.05) is 19.3 Å². The molecule has 0 bridgehead atoms. The van der Waals surface area contributed by atoms with Gasteiger partial charge in [0.05, 0.1) is 6.07 Å². The zero-order valence-corrected chi connectivity index (χ0v) is 9.05. The number of nitrogens with zero attached hydrogens (tertiary/aromatic N) is 1. The van der Waals surface area contributed by atoms with Crippen LogP contribution in [-0.4, -0.2) is 12.1 Å². The molecule has 0 radical (unpaired) electrons. The van der Waals surface area contributed by atoms with Gasteiger partial charge in [0.15, 0.2) is 0 Å². The van der Waals surface area contributed by atoms with Crippen molar-refractivity contribution in [1.82, 2.24) is 5.32 Å². The molecule has 14 heavy (non-hydrogen) atoms. The fraction of sp³-hybridized carbons (Fsp3) is 0.917. The highest BCUT2D eigenvalue weighted by molar-refractivity contribution is 5.06. The smallest absolute Gasteiger partial charge is 0.104 e. The van der Waals surface area contributed by atoms with Gasteiger partial charge in [0.1, 0.15) is 5.54 Å². The summed E-state index contributed by atoms with van der Waals surface area (Å²) in [5.74, 6) is 1.68. The molecule has 2 aliphatic rings. The topological polar surface area (TPSA) is 35.8 Å². The molecular formula is C12H20N2. The van der Waals surface area contributed by atoms with Crippen LogP contribution >= 0.6 is 0 Å². The first kappa shape index (κ1) is 9.98. The van der Waals surface area contributed by atoms with Gasteiger partial charge in [-0.3, -0.25) is 5.32 Å². The van der Waals surface area contributed by atoms with Crippen molar-refractivity contribution in [1.29, 1.82) is 5.26 Å². The van der Waals surface area contributed by atoms with Gasteiger partial charge in [0.2, 0.25) is 0 Å². The lowest BCUT2D eigenvalue weighted by molar-refractivity contribution is 0.236. The zero-order chi connectivity index (χ0) is 10.0.